The summed E-state index contributed by atoms with van der Waals surface area (Å²) in [5, 5.41) is 7.50. The Morgan fingerprint density at radius 2 is 2.08 bits per heavy atom. The van der Waals surface area contributed by atoms with Crippen molar-refractivity contribution in [3.05, 3.63) is 11.8 Å². The van der Waals surface area contributed by atoms with Crippen molar-refractivity contribution in [2.24, 2.45) is 24.8 Å². The summed E-state index contributed by atoms with van der Waals surface area (Å²) in [7, 11) is 1.85. The molecule has 2 unspecified atom stereocenters. The highest BCUT2D eigenvalue weighted by molar-refractivity contribution is 5.96. The number of hydrogen-bond donors (Lipinski definition) is 1. The highest BCUT2D eigenvalue weighted by atomic mass is 16.5. The lowest BCUT2D eigenvalue weighted by atomic mass is 9.90. The zero-order valence-corrected chi connectivity index (χ0v) is 14.7. The van der Waals surface area contributed by atoms with Crippen LogP contribution in [0.5, 0.6) is 5.88 Å². The van der Waals surface area contributed by atoms with Gasteiger partial charge in [-0.25, -0.2) is 4.68 Å². The van der Waals surface area contributed by atoms with Crippen LogP contribution in [0.25, 0.3) is 0 Å². The molecule has 0 saturated heterocycles. The average molecular weight is 331 g/mol. The van der Waals surface area contributed by atoms with Crippen molar-refractivity contribution in [2.75, 3.05) is 6.61 Å². The van der Waals surface area contributed by atoms with Gasteiger partial charge in [-0.15, -0.1) is 0 Å². The Morgan fingerprint density at radius 3 is 2.79 bits per heavy atom. The number of hydrogen-bond acceptors (Lipinski definition) is 3. The van der Waals surface area contributed by atoms with E-state index in [4.69, 9.17) is 4.74 Å². The largest absolute Gasteiger partial charge is 0.477 e. The Labute approximate surface area is 144 Å². The minimum absolute atomic E-state index is 0.0145. The lowest BCUT2D eigenvalue weighted by molar-refractivity contribution is 0.0916. The molecule has 3 aliphatic carbocycles. The quantitative estimate of drug-likeness (QED) is 0.901. The number of aryl methyl sites for hydroxylation is 1. The smallest absolute Gasteiger partial charge is 0.258 e. The van der Waals surface area contributed by atoms with E-state index < -0.39 is 0 Å². The maximum absolute atomic E-state index is 12.7. The van der Waals surface area contributed by atoms with Crippen LogP contribution in [0.4, 0.5) is 0 Å². The third-order valence-corrected chi connectivity index (χ3v) is 6.36. The molecule has 0 aromatic carbocycles. The summed E-state index contributed by atoms with van der Waals surface area (Å²) < 4.78 is 7.73. The van der Waals surface area contributed by atoms with Crippen LogP contribution < -0.4 is 10.1 Å². The number of aromatic nitrogens is 2. The van der Waals surface area contributed by atoms with Crippen LogP contribution in [0.1, 0.15) is 68.1 Å². The van der Waals surface area contributed by atoms with E-state index in [2.05, 4.69) is 10.4 Å². The molecule has 3 aliphatic rings. The van der Waals surface area contributed by atoms with E-state index in [0.29, 0.717) is 35.9 Å². The Morgan fingerprint density at radius 1 is 1.25 bits per heavy atom. The van der Waals surface area contributed by atoms with Crippen LogP contribution in [0.2, 0.25) is 0 Å². The molecule has 1 amide bonds. The van der Waals surface area contributed by atoms with Gasteiger partial charge in [0.05, 0.1) is 12.8 Å². The van der Waals surface area contributed by atoms with Crippen LogP contribution in [0, 0.1) is 17.8 Å². The van der Waals surface area contributed by atoms with Gasteiger partial charge >= 0.3 is 0 Å². The summed E-state index contributed by atoms with van der Waals surface area (Å²) in [6.07, 6.45) is 13.1. The summed E-state index contributed by atoms with van der Waals surface area (Å²) in [6, 6.07) is 0.350. The van der Waals surface area contributed by atoms with Gasteiger partial charge in [0.15, 0.2) is 0 Å². The highest BCUT2D eigenvalue weighted by Crippen LogP contribution is 2.44. The summed E-state index contributed by atoms with van der Waals surface area (Å²) in [5.74, 6) is 2.74. The Hall–Kier alpha value is -1.52. The SMILES string of the molecule is Cn1ncc(C(=O)N[C@@H]2CC3CCC2C3)c1OCC1CCCCC1. The monoisotopic (exact) mass is 331 g/mol. The Kier molecular flexibility index (Phi) is 4.51. The molecule has 0 radical (unpaired) electrons. The number of nitrogens with zero attached hydrogens (tertiary/aromatic N) is 2. The van der Waals surface area contributed by atoms with Crippen LogP contribution in [0.15, 0.2) is 6.20 Å². The van der Waals surface area contributed by atoms with Gasteiger partial charge in [-0.3, -0.25) is 4.79 Å². The molecule has 2 bridgehead atoms. The maximum atomic E-state index is 12.7. The van der Waals surface area contributed by atoms with Crippen molar-refractivity contribution in [1.82, 2.24) is 15.1 Å². The number of carbonyl (C=O) groups excluding carboxylic acids is 1. The lowest BCUT2D eigenvalue weighted by Crippen LogP contribution is -2.38. The molecule has 3 saturated carbocycles. The third-order valence-electron chi connectivity index (χ3n) is 6.36. The molecule has 1 N–H and O–H groups in total. The molecule has 5 heteroatoms. The topological polar surface area (TPSA) is 56.2 Å². The normalized spacial score (nSPS) is 29.8. The first-order valence-electron chi connectivity index (χ1n) is 9.66. The van der Waals surface area contributed by atoms with E-state index in [0.717, 1.165) is 12.3 Å². The number of fused-ring (bicyclic) bond motifs is 2. The molecule has 5 nitrogen and oxygen atoms in total. The van der Waals surface area contributed by atoms with Gasteiger partial charge in [-0.2, -0.15) is 5.10 Å². The molecular formula is C19H29N3O2. The van der Waals surface area contributed by atoms with E-state index in [1.807, 2.05) is 7.05 Å². The number of amides is 1. The lowest BCUT2D eigenvalue weighted by Gasteiger charge is -2.23. The van der Waals surface area contributed by atoms with Crippen molar-refractivity contribution < 1.29 is 9.53 Å². The van der Waals surface area contributed by atoms with Gasteiger partial charge in [0.1, 0.15) is 5.56 Å². The number of carbonyl (C=O) groups is 1. The van der Waals surface area contributed by atoms with Crippen LogP contribution >= 0.6 is 0 Å². The first-order valence-corrected chi connectivity index (χ1v) is 9.66. The fourth-order valence-electron chi connectivity index (χ4n) is 4.97. The molecule has 1 aromatic heterocycles. The minimum Gasteiger partial charge on any atom is -0.477 e. The second kappa shape index (κ2) is 6.77. The van der Waals surface area contributed by atoms with E-state index in [1.165, 1.54) is 51.4 Å². The first-order chi connectivity index (χ1) is 11.7. The second-order valence-electron chi connectivity index (χ2n) is 8.06. The number of rotatable bonds is 5. The van der Waals surface area contributed by atoms with Gasteiger partial charge < -0.3 is 10.1 Å². The molecule has 0 spiro atoms. The Bertz CT molecular complexity index is 591. The van der Waals surface area contributed by atoms with Gasteiger partial charge in [0.25, 0.3) is 5.91 Å². The predicted molar refractivity (Wildman–Crippen MR) is 92.0 cm³/mol. The van der Waals surface area contributed by atoms with Gasteiger partial charge in [-0.1, -0.05) is 25.7 Å². The predicted octanol–water partition coefficient (Wildman–Crippen LogP) is 3.30. The van der Waals surface area contributed by atoms with Crippen LogP contribution in [0.3, 0.4) is 0 Å². The first kappa shape index (κ1) is 16.0. The van der Waals surface area contributed by atoms with E-state index in [9.17, 15) is 4.79 Å². The number of nitrogens with one attached hydrogen (secondary N) is 1. The molecule has 132 valence electrons. The summed E-state index contributed by atoms with van der Waals surface area (Å²) in [6.45, 7) is 0.702. The molecule has 1 aromatic rings. The molecular weight excluding hydrogens is 302 g/mol. The third kappa shape index (κ3) is 3.17. The molecule has 3 fully saturated rings. The zero-order chi connectivity index (χ0) is 16.5. The standard InChI is InChI=1S/C19H29N3O2/c1-22-19(24-12-13-5-3-2-4-6-13)16(11-20-22)18(23)21-17-10-14-7-8-15(17)9-14/h11,13-15,17H,2-10,12H2,1H3,(H,21,23)/t14?,15?,17-/m1/s1. The van der Waals surface area contributed by atoms with E-state index >= 15 is 0 Å². The fraction of sp³-hybridized carbons (Fsp3) is 0.789. The maximum Gasteiger partial charge on any atom is 0.258 e. The fourth-order valence-corrected chi connectivity index (χ4v) is 4.97. The minimum atomic E-state index is -0.0145. The van der Waals surface area contributed by atoms with Crippen molar-refractivity contribution in [3.63, 3.8) is 0 Å². The van der Waals surface area contributed by atoms with Gasteiger partial charge in [0, 0.05) is 13.1 Å². The molecule has 0 aliphatic heterocycles. The van der Waals surface area contributed by atoms with Crippen LogP contribution in [-0.2, 0) is 7.05 Å². The number of ether oxygens (including phenoxy) is 1. The highest BCUT2D eigenvalue weighted by Gasteiger charge is 2.40. The zero-order valence-electron chi connectivity index (χ0n) is 14.7. The summed E-state index contributed by atoms with van der Waals surface area (Å²) in [5.41, 5.74) is 0.594. The second-order valence-corrected chi connectivity index (χ2v) is 8.06. The van der Waals surface area contributed by atoms with E-state index in [1.54, 1.807) is 10.9 Å². The van der Waals surface area contributed by atoms with Crippen molar-refractivity contribution in [1.29, 1.82) is 0 Å². The van der Waals surface area contributed by atoms with Crippen molar-refractivity contribution in [2.45, 2.75) is 63.8 Å². The van der Waals surface area contributed by atoms with E-state index in [-0.39, 0.29) is 5.91 Å². The Balaban J connectivity index is 1.38. The average Bonchev–Trinajstić information content (AvgIpc) is 3.29. The molecule has 3 atom stereocenters. The van der Waals surface area contributed by atoms with Gasteiger partial charge in [-0.05, 0) is 49.9 Å². The van der Waals surface area contributed by atoms with Gasteiger partial charge in [0.2, 0.25) is 5.88 Å². The summed E-state index contributed by atoms with van der Waals surface area (Å²) in [4.78, 5) is 12.7. The van der Waals surface area contributed by atoms with Crippen molar-refractivity contribution in [3.8, 4) is 5.88 Å². The molecule has 24 heavy (non-hydrogen) atoms. The summed E-state index contributed by atoms with van der Waals surface area (Å²) >= 11 is 0. The van der Waals surface area contributed by atoms with Crippen molar-refractivity contribution >= 4 is 5.91 Å². The van der Waals surface area contributed by atoms with Crippen LogP contribution in [-0.4, -0.2) is 28.3 Å². The molecule has 4 rings (SSSR count). The molecule has 1 heterocycles.